The number of aliphatic hydroxyl groups is 1. The standard InChI is InChI=1S/C13H25NO3/c1-13(2,3)17-9-12(16)14-7-10-5-4-6-11(10)8-15/h10-11,15H,4-9H2,1-3H3,(H,14,16). The number of hydrogen-bond acceptors (Lipinski definition) is 3. The lowest BCUT2D eigenvalue weighted by Crippen LogP contribution is -2.36. The predicted molar refractivity (Wildman–Crippen MR) is 66.6 cm³/mol. The molecule has 1 aliphatic carbocycles. The minimum Gasteiger partial charge on any atom is -0.396 e. The van der Waals surface area contributed by atoms with Crippen molar-refractivity contribution < 1.29 is 14.6 Å². The maximum atomic E-state index is 11.5. The minimum atomic E-state index is -0.279. The number of ether oxygens (including phenoxy) is 1. The fourth-order valence-corrected chi connectivity index (χ4v) is 2.20. The third-order valence-electron chi connectivity index (χ3n) is 3.25. The molecule has 100 valence electrons. The van der Waals surface area contributed by atoms with Crippen molar-refractivity contribution in [1.29, 1.82) is 0 Å². The first-order valence-corrected chi connectivity index (χ1v) is 6.44. The van der Waals surface area contributed by atoms with Gasteiger partial charge in [0.2, 0.25) is 5.91 Å². The van der Waals surface area contributed by atoms with Gasteiger partial charge in [0.25, 0.3) is 0 Å². The van der Waals surface area contributed by atoms with E-state index in [9.17, 15) is 9.90 Å². The molecule has 0 radical (unpaired) electrons. The molecule has 1 fully saturated rings. The van der Waals surface area contributed by atoms with E-state index in [0.717, 1.165) is 19.3 Å². The van der Waals surface area contributed by atoms with E-state index in [1.54, 1.807) is 0 Å². The third kappa shape index (κ3) is 5.50. The smallest absolute Gasteiger partial charge is 0.246 e. The Morgan fingerprint density at radius 3 is 2.59 bits per heavy atom. The maximum Gasteiger partial charge on any atom is 0.246 e. The summed E-state index contributed by atoms with van der Waals surface area (Å²) in [4.78, 5) is 11.5. The van der Waals surface area contributed by atoms with Gasteiger partial charge >= 0.3 is 0 Å². The van der Waals surface area contributed by atoms with Gasteiger partial charge in [0.15, 0.2) is 0 Å². The molecule has 0 aromatic rings. The number of amides is 1. The molecule has 0 aromatic heterocycles. The first-order chi connectivity index (χ1) is 7.92. The summed E-state index contributed by atoms with van der Waals surface area (Å²) in [5, 5.41) is 12.1. The number of hydrogen-bond donors (Lipinski definition) is 2. The van der Waals surface area contributed by atoms with Crippen LogP contribution in [0.3, 0.4) is 0 Å². The van der Waals surface area contributed by atoms with Crippen LogP contribution in [0.25, 0.3) is 0 Å². The average molecular weight is 243 g/mol. The first-order valence-electron chi connectivity index (χ1n) is 6.44. The average Bonchev–Trinajstić information content (AvgIpc) is 2.69. The van der Waals surface area contributed by atoms with Crippen LogP contribution in [-0.2, 0) is 9.53 Å². The molecule has 1 rings (SSSR count). The van der Waals surface area contributed by atoms with Crippen LogP contribution in [0.15, 0.2) is 0 Å². The van der Waals surface area contributed by atoms with Crippen LogP contribution in [0.1, 0.15) is 40.0 Å². The highest BCUT2D eigenvalue weighted by Gasteiger charge is 2.26. The van der Waals surface area contributed by atoms with Crippen molar-refractivity contribution >= 4 is 5.91 Å². The summed E-state index contributed by atoms with van der Waals surface area (Å²) in [6, 6.07) is 0. The van der Waals surface area contributed by atoms with Crippen LogP contribution in [0.2, 0.25) is 0 Å². The highest BCUT2D eigenvalue weighted by atomic mass is 16.5. The van der Waals surface area contributed by atoms with Crippen LogP contribution < -0.4 is 5.32 Å². The van der Waals surface area contributed by atoms with Gasteiger partial charge in [-0.25, -0.2) is 0 Å². The SMILES string of the molecule is CC(C)(C)OCC(=O)NCC1CCCC1CO. The van der Waals surface area contributed by atoms with E-state index in [4.69, 9.17) is 4.74 Å². The van der Waals surface area contributed by atoms with Gasteiger partial charge in [-0.3, -0.25) is 4.79 Å². The Kier molecular flexibility index (Phi) is 5.40. The Morgan fingerprint density at radius 1 is 1.35 bits per heavy atom. The van der Waals surface area contributed by atoms with Gasteiger partial charge in [-0.15, -0.1) is 0 Å². The normalized spacial score (nSPS) is 24.9. The van der Waals surface area contributed by atoms with Gasteiger partial charge in [0, 0.05) is 13.2 Å². The zero-order chi connectivity index (χ0) is 12.9. The summed E-state index contributed by atoms with van der Waals surface area (Å²) in [6.07, 6.45) is 3.34. The monoisotopic (exact) mass is 243 g/mol. The van der Waals surface area contributed by atoms with E-state index < -0.39 is 0 Å². The molecule has 4 heteroatoms. The number of carbonyl (C=O) groups is 1. The summed E-state index contributed by atoms with van der Waals surface area (Å²) in [7, 11) is 0. The molecule has 0 aliphatic heterocycles. The maximum absolute atomic E-state index is 11.5. The van der Waals surface area contributed by atoms with Crippen molar-refractivity contribution in [2.75, 3.05) is 19.8 Å². The second-order valence-electron chi connectivity index (χ2n) is 5.84. The summed E-state index contributed by atoms with van der Waals surface area (Å²) < 4.78 is 5.40. The van der Waals surface area contributed by atoms with Gasteiger partial charge in [-0.2, -0.15) is 0 Å². The molecule has 1 amide bonds. The molecule has 17 heavy (non-hydrogen) atoms. The largest absolute Gasteiger partial charge is 0.396 e. The van der Waals surface area contributed by atoms with E-state index >= 15 is 0 Å². The third-order valence-corrected chi connectivity index (χ3v) is 3.25. The number of rotatable bonds is 5. The Hall–Kier alpha value is -0.610. The Labute approximate surface area is 104 Å². The van der Waals surface area contributed by atoms with Crippen molar-refractivity contribution in [2.24, 2.45) is 11.8 Å². The molecule has 0 saturated heterocycles. The molecular formula is C13H25NO3. The van der Waals surface area contributed by atoms with E-state index in [2.05, 4.69) is 5.32 Å². The van der Waals surface area contributed by atoms with Crippen LogP contribution in [-0.4, -0.2) is 36.4 Å². The minimum absolute atomic E-state index is 0.0662. The molecule has 1 aliphatic rings. The Bertz CT molecular complexity index is 248. The highest BCUT2D eigenvalue weighted by molar-refractivity contribution is 5.77. The summed E-state index contributed by atoms with van der Waals surface area (Å²) in [5.41, 5.74) is -0.279. The topological polar surface area (TPSA) is 58.6 Å². The second-order valence-corrected chi connectivity index (χ2v) is 5.84. The van der Waals surface area contributed by atoms with E-state index in [-0.39, 0.29) is 24.7 Å². The molecule has 2 unspecified atom stereocenters. The first kappa shape index (κ1) is 14.5. The quantitative estimate of drug-likeness (QED) is 0.766. The molecular weight excluding hydrogens is 218 g/mol. The zero-order valence-corrected chi connectivity index (χ0v) is 11.2. The molecule has 0 spiro atoms. The summed E-state index contributed by atoms with van der Waals surface area (Å²) in [6.45, 7) is 6.80. The molecule has 0 aromatic carbocycles. The fraction of sp³-hybridized carbons (Fsp3) is 0.923. The number of aliphatic hydroxyl groups excluding tert-OH is 1. The van der Waals surface area contributed by atoms with E-state index in [0.29, 0.717) is 18.4 Å². The van der Waals surface area contributed by atoms with Crippen LogP contribution in [0, 0.1) is 11.8 Å². The second kappa shape index (κ2) is 6.36. The lowest BCUT2D eigenvalue weighted by atomic mass is 9.97. The molecule has 0 bridgehead atoms. The molecule has 1 saturated carbocycles. The van der Waals surface area contributed by atoms with E-state index in [1.807, 2.05) is 20.8 Å². The fourth-order valence-electron chi connectivity index (χ4n) is 2.20. The van der Waals surface area contributed by atoms with E-state index in [1.165, 1.54) is 0 Å². The lowest BCUT2D eigenvalue weighted by molar-refractivity contribution is -0.130. The molecule has 2 atom stereocenters. The lowest BCUT2D eigenvalue weighted by Gasteiger charge is -2.21. The van der Waals surface area contributed by atoms with Crippen LogP contribution in [0.5, 0.6) is 0 Å². The van der Waals surface area contributed by atoms with Gasteiger partial charge in [-0.1, -0.05) is 6.42 Å². The van der Waals surface area contributed by atoms with Crippen molar-refractivity contribution in [1.82, 2.24) is 5.32 Å². The molecule has 0 heterocycles. The van der Waals surface area contributed by atoms with Crippen molar-refractivity contribution in [2.45, 2.75) is 45.6 Å². The number of nitrogens with one attached hydrogen (secondary N) is 1. The Morgan fingerprint density at radius 2 is 2.00 bits per heavy atom. The van der Waals surface area contributed by atoms with Crippen molar-refractivity contribution in [3.8, 4) is 0 Å². The van der Waals surface area contributed by atoms with Crippen molar-refractivity contribution in [3.05, 3.63) is 0 Å². The molecule has 2 N–H and O–H groups in total. The number of carbonyl (C=O) groups excluding carboxylic acids is 1. The predicted octanol–water partition coefficient (Wildman–Crippen LogP) is 1.33. The van der Waals surface area contributed by atoms with Gasteiger partial charge in [0.1, 0.15) is 6.61 Å². The Balaban J connectivity index is 2.19. The van der Waals surface area contributed by atoms with Gasteiger partial charge in [0.05, 0.1) is 5.60 Å². The molecule has 4 nitrogen and oxygen atoms in total. The van der Waals surface area contributed by atoms with Crippen molar-refractivity contribution in [3.63, 3.8) is 0 Å². The zero-order valence-electron chi connectivity index (χ0n) is 11.2. The summed E-state index contributed by atoms with van der Waals surface area (Å²) in [5.74, 6) is 0.723. The van der Waals surface area contributed by atoms with Gasteiger partial charge < -0.3 is 15.2 Å². The summed E-state index contributed by atoms with van der Waals surface area (Å²) >= 11 is 0. The van der Waals surface area contributed by atoms with Crippen LogP contribution in [0.4, 0.5) is 0 Å². The van der Waals surface area contributed by atoms with Crippen LogP contribution >= 0.6 is 0 Å². The van der Waals surface area contributed by atoms with Gasteiger partial charge in [-0.05, 0) is 45.4 Å². The highest BCUT2D eigenvalue weighted by Crippen LogP contribution is 2.30.